The van der Waals surface area contributed by atoms with Gasteiger partial charge in [-0.1, -0.05) is 41.4 Å². The Kier molecular flexibility index (Phi) is 5.66. The third-order valence-electron chi connectivity index (χ3n) is 4.38. The van der Waals surface area contributed by atoms with E-state index in [0.717, 1.165) is 18.6 Å². The number of benzene rings is 1. The summed E-state index contributed by atoms with van der Waals surface area (Å²) in [4.78, 5) is 18.1. The first-order valence-corrected chi connectivity index (χ1v) is 8.84. The number of anilines is 1. The van der Waals surface area contributed by atoms with Crippen LogP contribution in [0.4, 0.5) is 10.5 Å². The Bertz CT molecular complexity index is 741. The van der Waals surface area contributed by atoms with Crippen molar-refractivity contribution in [3.8, 4) is 5.75 Å². The molecular weight excluding hydrogens is 361 g/mol. The number of hydrogen-bond acceptors (Lipinski definition) is 3. The lowest BCUT2D eigenvalue weighted by Crippen LogP contribution is -2.40. The van der Waals surface area contributed by atoms with Gasteiger partial charge < -0.3 is 15.0 Å². The number of piperidine rings is 1. The quantitative estimate of drug-likeness (QED) is 0.778. The summed E-state index contributed by atoms with van der Waals surface area (Å²) < 4.78 is 5.45. The molecule has 0 atom stereocenters. The van der Waals surface area contributed by atoms with Crippen molar-refractivity contribution >= 4 is 34.9 Å². The predicted octanol–water partition coefficient (Wildman–Crippen LogP) is 4.81. The largest absolute Gasteiger partial charge is 0.496 e. The Morgan fingerprint density at radius 1 is 1.20 bits per heavy atom. The molecule has 132 valence electrons. The fraction of sp³-hybridized carbons (Fsp3) is 0.333. The molecular formula is C18H19Cl2N3O2. The summed E-state index contributed by atoms with van der Waals surface area (Å²) in [6.07, 6.45) is 1.79. The van der Waals surface area contributed by atoms with Gasteiger partial charge in [-0.25, -0.2) is 9.78 Å². The summed E-state index contributed by atoms with van der Waals surface area (Å²) in [5.74, 6) is 1.30. The number of carbonyl (C=O) groups excluding carboxylic acids is 1. The number of pyridine rings is 1. The number of para-hydroxylation sites is 1. The number of nitrogens with one attached hydrogen (secondary N) is 1. The summed E-state index contributed by atoms with van der Waals surface area (Å²) >= 11 is 11.7. The number of ether oxygens (including phenoxy) is 1. The average molecular weight is 380 g/mol. The molecule has 1 aromatic carbocycles. The zero-order chi connectivity index (χ0) is 17.8. The van der Waals surface area contributed by atoms with Crippen LogP contribution in [-0.2, 0) is 0 Å². The Hall–Kier alpha value is -1.98. The highest BCUT2D eigenvalue weighted by atomic mass is 35.5. The minimum atomic E-state index is -0.156. The van der Waals surface area contributed by atoms with Gasteiger partial charge in [0.05, 0.1) is 7.11 Å². The first kappa shape index (κ1) is 17.8. The summed E-state index contributed by atoms with van der Waals surface area (Å²) in [7, 11) is 1.69. The minimum Gasteiger partial charge on any atom is -0.496 e. The second-order valence-electron chi connectivity index (χ2n) is 5.93. The monoisotopic (exact) mass is 379 g/mol. The zero-order valence-electron chi connectivity index (χ0n) is 13.8. The normalized spacial score (nSPS) is 15.1. The van der Waals surface area contributed by atoms with E-state index < -0.39 is 0 Å². The molecule has 0 aliphatic carbocycles. The number of aromatic nitrogens is 1. The van der Waals surface area contributed by atoms with E-state index in [2.05, 4.69) is 16.4 Å². The SMILES string of the molecule is COc1ccccc1C1CCN(C(=O)Nc2cc(Cl)nc(Cl)c2)CC1. The predicted molar refractivity (Wildman–Crippen MR) is 99.8 cm³/mol. The van der Waals surface area contributed by atoms with Gasteiger partial charge in [0, 0.05) is 18.8 Å². The number of nitrogens with zero attached hydrogens (tertiary/aromatic N) is 2. The van der Waals surface area contributed by atoms with E-state index >= 15 is 0 Å². The second kappa shape index (κ2) is 7.93. The Morgan fingerprint density at radius 3 is 2.48 bits per heavy atom. The maximum Gasteiger partial charge on any atom is 0.321 e. The third-order valence-corrected chi connectivity index (χ3v) is 4.76. The minimum absolute atomic E-state index is 0.156. The van der Waals surface area contributed by atoms with Crippen LogP contribution < -0.4 is 10.1 Å². The molecule has 1 aliphatic heterocycles. The number of methoxy groups -OCH3 is 1. The fourth-order valence-corrected chi connectivity index (χ4v) is 3.60. The van der Waals surface area contributed by atoms with E-state index in [0.29, 0.717) is 24.7 Å². The Morgan fingerprint density at radius 2 is 1.84 bits per heavy atom. The lowest BCUT2D eigenvalue weighted by molar-refractivity contribution is 0.194. The lowest BCUT2D eigenvalue weighted by atomic mass is 9.89. The highest BCUT2D eigenvalue weighted by Gasteiger charge is 2.25. The van der Waals surface area contributed by atoms with E-state index in [9.17, 15) is 4.79 Å². The number of hydrogen-bond donors (Lipinski definition) is 1. The molecule has 0 spiro atoms. The summed E-state index contributed by atoms with van der Waals surface area (Å²) in [6, 6.07) is 11.1. The molecule has 1 aromatic heterocycles. The van der Waals surface area contributed by atoms with Gasteiger partial charge in [-0.3, -0.25) is 0 Å². The van der Waals surface area contributed by atoms with E-state index in [1.54, 1.807) is 24.1 Å². The van der Waals surface area contributed by atoms with Crippen LogP contribution in [-0.4, -0.2) is 36.1 Å². The van der Waals surface area contributed by atoms with Crippen LogP contribution in [0.3, 0.4) is 0 Å². The molecule has 3 rings (SSSR count). The maximum atomic E-state index is 12.4. The fourth-order valence-electron chi connectivity index (χ4n) is 3.14. The van der Waals surface area contributed by atoms with Crippen molar-refractivity contribution in [1.82, 2.24) is 9.88 Å². The molecule has 5 nitrogen and oxygen atoms in total. The number of amides is 2. The van der Waals surface area contributed by atoms with Crippen LogP contribution in [0.25, 0.3) is 0 Å². The van der Waals surface area contributed by atoms with Crippen LogP contribution in [0.15, 0.2) is 36.4 Å². The van der Waals surface area contributed by atoms with E-state index in [4.69, 9.17) is 27.9 Å². The summed E-state index contributed by atoms with van der Waals surface area (Å²) in [5, 5.41) is 3.32. The molecule has 2 heterocycles. The number of urea groups is 1. The van der Waals surface area contributed by atoms with Gasteiger partial charge in [-0.2, -0.15) is 0 Å². The van der Waals surface area contributed by atoms with Crippen molar-refractivity contribution in [1.29, 1.82) is 0 Å². The maximum absolute atomic E-state index is 12.4. The average Bonchev–Trinajstić information content (AvgIpc) is 2.61. The molecule has 1 fully saturated rings. The van der Waals surface area contributed by atoms with Gasteiger partial charge in [0.1, 0.15) is 16.1 Å². The number of carbonyl (C=O) groups is 1. The topological polar surface area (TPSA) is 54.5 Å². The standard InChI is InChI=1S/C18H19Cl2N3O2/c1-25-15-5-3-2-4-14(15)12-6-8-23(9-7-12)18(24)21-13-10-16(19)22-17(20)11-13/h2-5,10-12H,6-9H2,1H3,(H,21,22,24). The molecule has 1 N–H and O–H groups in total. The first-order valence-electron chi connectivity index (χ1n) is 8.08. The highest BCUT2D eigenvalue weighted by molar-refractivity contribution is 6.32. The van der Waals surface area contributed by atoms with Crippen LogP contribution in [0.5, 0.6) is 5.75 Å². The lowest BCUT2D eigenvalue weighted by Gasteiger charge is -2.32. The van der Waals surface area contributed by atoms with Crippen molar-refractivity contribution in [2.24, 2.45) is 0 Å². The van der Waals surface area contributed by atoms with Crippen molar-refractivity contribution in [2.75, 3.05) is 25.5 Å². The van der Waals surface area contributed by atoms with Crippen molar-refractivity contribution in [3.63, 3.8) is 0 Å². The van der Waals surface area contributed by atoms with Gasteiger partial charge in [0.25, 0.3) is 0 Å². The van der Waals surface area contributed by atoms with Gasteiger partial charge >= 0.3 is 6.03 Å². The molecule has 7 heteroatoms. The van der Waals surface area contributed by atoms with Gasteiger partial charge in [0.2, 0.25) is 0 Å². The smallest absolute Gasteiger partial charge is 0.321 e. The van der Waals surface area contributed by atoms with E-state index in [1.807, 2.05) is 18.2 Å². The molecule has 1 aliphatic rings. The Balaban J connectivity index is 1.61. The van der Waals surface area contributed by atoms with Crippen LogP contribution in [0.1, 0.15) is 24.3 Å². The third kappa shape index (κ3) is 4.35. The van der Waals surface area contributed by atoms with Gasteiger partial charge in [-0.05, 0) is 42.5 Å². The Labute approximate surface area is 156 Å². The number of likely N-dealkylation sites (tertiary alicyclic amines) is 1. The van der Waals surface area contributed by atoms with Crippen molar-refractivity contribution < 1.29 is 9.53 Å². The van der Waals surface area contributed by atoms with Crippen LogP contribution in [0, 0.1) is 0 Å². The van der Waals surface area contributed by atoms with E-state index in [-0.39, 0.29) is 16.3 Å². The van der Waals surface area contributed by atoms with Crippen LogP contribution in [0.2, 0.25) is 10.3 Å². The second-order valence-corrected chi connectivity index (χ2v) is 6.71. The summed E-state index contributed by atoms with van der Waals surface area (Å²) in [6.45, 7) is 1.36. The highest BCUT2D eigenvalue weighted by Crippen LogP contribution is 2.34. The zero-order valence-corrected chi connectivity index (χ0v) is 15.3. The van der Waals surface area contributed by atoms with Gasteiger partial charge in [0.15, 0.2) is 0 Å². The summed E-state index contributed by atoms with van der Waals surface area (Å²) in [5.41, 5.74) is 1.75. The van der Waals surface area contributed by atoms with Gasteiger partial charge in [-0.15, -0.1) is 0 Å². The van der Waals surface area contributed by atoms with Crippen molar-refractivity contribution in [2.45, 2.75) is 18.8 Å². The molecule has 0 saturated carbocycles. The van der Waals surface area contributed by atoms with Crippen LogP contribution >= 0.6 is 23.2 Å². The molecule has 0 bridgehead atoms. The molecule has 2 amide bonds. The molecule has 0 unspecified atom stereocenters. The van der Waals surface area contributed by atoms with Crippen molar-refractivity contribution in [3.05, 3.63) is 52.3 Å². The molecule has 25 heavy (non-hydrogen) atoms. The number of halogens is 2. The van der Waals surface area contributed by atoms with E-state index in [1.165, 1.54) is 5.56 Å². The molecule has 1 saturated heterocycles. The molecule has 2 aromatic rings. The molecule has 0 radical (unpaired) electrons. The number of rotatable bonds is 3. The first-order chi connectivity index (χ1) is 12.1.